The predicted octanol–water partition coefficient (Wildman–Crippen LogP) is 2.00. The SMILES string of the molecule is CNCCc1cn(Cc2ccn(C3CCCC3)n2)cn1. The maximum absolute atomic E-state index is 4.71. The van der Waals surface area contributed by atoms with E-state index in [0.29, 0.717) is 6.04 Å². The summed E-state index contributed by atoms with van der Waals surface area (Å²) in [5.41, 5.74) is 2.25. The topological polar surface area (TPSA) is 47.7 Å². The third kappa shape index (κ3) is 3.10. The van der Waals surface area contributed by atoms with Crippen molar-refractivity contribution in [1.82, 2.24) is 24.6 Å². The molecule has 108 valence electrons. The van der Waals surface area contributed by atoms with Crippen LogP contribution in [0.4, 0.5) is 0 Å². The lowest BCUT2D eigenvalue weighted by Crippen LogP contribution is -2.10. The number of hydrogen-bond acceptors (Lipinski definition) is 3. The van der Waals surface area contributed by atoms with Gasteiger partial charge in [-0.3, -0.25) is 4.68 Å². The van der Waals surface area contributed by atoms with E-state index in [-0.39, 0.29) is 0 Å². The molecule has 0 bridgehead atoms. The first kappa shape index (κ1) is 13.4. The molecular formula is C15H23N5. The number of nitrogens with zero attached hydrogens (tertiary/aromatic N) is 4. The molecule has 0 aliphatic heterocycles. The van der Waals surface area contributed by atoms with Gasteiger partial charge in [0.25, 0.3) is 0 Å². The van der Waals surface area contributed by atoms with Crippen LogP contribution in [0.2, 0.25) is 0 Å². The molecule has 2 heterocycles. The molecule has 1 N–H and O–H groups in total. The molecular weight excluding hydrogens is 250 g/mol. The fourth-order valence-electron chi connectivity index (χ4n) is 2.90. The molecule has 0 aromatic carbocycles. The van der Waals surface area contributed by atoms with Gasteiger partial charge >= 0.3 is 0 Å². The van der Waals surface area contributed by atoms with Crippen LogP contribution in [-0.2, 0) is 13.0 Å². The van der Waals surface area contributed by atoms with Crippen molar-refractivity contribution in [2.24, 2.45) is 0 Å². The standard InChI is InChI=1S/C15H23N5/c1-16-8-6-13-10-19(12-17-13)11-14-7-9-20(18-14)15-4-2-3-5-15/h7,9-10,12,15-16H,2-6,8,11H2,1H3. The smallest absolute Gasteiger partial charge is 0.0953 e. The summed E-state index contributed by atoms with van der Waals surface area (Å²) in [4.78, 5) is 4.42. The van der Waals surface area contributed by atoms with E-state index in [4.69, 9.17) is 5.10 Å². The van der Waals surface area contributed by atoms with E-state index in [1.54, 1.807) is 0 Å². The van der Waals surface area contributed by atoms with Crippen molar-refractivity contribution < 1.29 is 0 Å². The Morgan fingerprint density at radius 3 is 2.95 bits per heavy atom. The second kappa shape index (κ2) is 6.22. The van der Waals surface area contributed by atoms with Gasteiger partial charge in [0.05, 0.1) is 30.3 Å². The summed E-state index contributed by atoms with van der Waals surface area (Å²) in [5, 5.41) is 7.86. The van der Waals surface area contributed by atoms with Gasteiger partial charge in [-0.05, 0) is 26.0 Å². The highest BCUT2D eigenvalue weighted by atomic mass is 15.3. The van der Waals surface area contributed by atoms with Crippen LogP contribution in [0.15, 0.2) is 24.8 Å². The molecule has 1 fully saturated rings. The molecule has 5 heteroatoms. The molecule has 2 aromatic heterocycles. The molecule has 20 heavy (non-hydrogen) atoms. The van der Waals surface area contributed by atoms with Crippen LogP contribution in [0.25, 0.3) is 0 Å². The third-order valence-corrected chi connectivity index (χ3v) is 4.02. The summed E-state index contributed by atoms with van der Waals surface area (Å²) >= 11 is 0. The van der Waals surface area contributed by atoms with Crippen LogP contribution in [0.3, 0.4) is 0 Å². The highest BCUT2D eigenvalue weighted by Gasteiger charge is 2.17. The Kier molecular flexibility index (Phi) is 4.16. The first-order valence-electron chi connectivity index (χ1n) is 7.54. The zero-order valence-corrected chi connectivity index (χ0v) is 12.1. The number of hydrogen-bond donors (Lipinski definition) is 1. The monoisotopic (exact) mass is 273 g/mol. The quantitative estimate of drug-likeness (QED) is 0.876. The van der Waals surface area contributed by atoms with Gasteiger partial charge < -0.3 is 9.88 Å². The predicted molar refractivity (Wildman–Crippen MR) is 78.7 cm³/mol. The van der Waals surface area contributed by atoms with E-state index < -0.39 is 0 Å². The minimum Gasteiger partial charge on any atom is -0.331 e. The van der Waals surface area contributed by atoms with Gasteiger partial charge in [0.15, 0.2) is 0 Å². The van der Waals surface area contributed by atoms with E-state index in [1.807, 2.05) is 13.4 Å². The minimum absolute atomic E-state index is 0.623. The Morgan fingerprint density at radius 1 is 1.30 bits per heavy atom. The highest BCUT2D eigenvalue weighted by Crippen LogP contribution is 2.28. The van der Waals surface area contributed by atoms with Gasteiger partial charge in [-0.25, -0.2) is 4.98 Å². The molecule has 0 spiro atoms. The third-order valence-electron chi connectivity index (χ3n) is 4.02. The molecule has 1 aliphatic carbocycles. The first-order chi connectivity index (χ1) is 9.85. The van der Waals surface area contributed by atoms with Gasteiger partial charge in [-0.15, -0.1) is 0 Å². The summed E-state index contributed by atoms with van der Waals surface area (Å²) in [7, 11) is 1.96. The van der Waals surface area contributed by atoms with E-state index >= 15 is 0 Å². The number of likely N-dealkylation sites (N-methyl/N-ethyl adjacent to an activating group) is 1. The lowest BCUT2D eigenvalue weighted by atomic mass is 10.3. The zero-order valence-electron chi connectivity index (χ0n) is 12.1. The molecule has 5 nitrogen and oxygen atoms in total. The molecule has 3 rings (SSSR count). The Balaban J connectivity index is 1.61. The van der Waals surface area contributed by atoms with Crippen LogP contribution >= 0.6 is 0 Å². The first-order valence-corrected chi connectivity index (χ1v) is 7.54. The summed E-state index contributed by atoms with van der Waals surface area (Å²) in [6.45, 7) is 1.78. The van der Waals surface area contributed by atoms with Crippen LogP contribution in [0, 0.1) is 0 Å². The summed E-state index contributed by atoms with van der Waals surface area (Å²) < 4.78 is 4.27. The lowest BCUT2D eigenvalue weighted by molar-refractivity contribution is 0.461. The zero-order chi connectivity index (χ0) is 13.8. The van der Waals surface area contributed by atoms with Crippen molar-refractivity contribution >= 4 is 0 Å². The fourth-order valence-corrected chi connectivity index (χ4v) is 2.90. The summed E-state index contributed by atoms with van der Waals surface area (Å²) in [6.07, 6.45) is 12.4. The maximum atomic E-state index is 4.71. The second-order valence-electron chi connectivity index (χ2n) is 5.62. The van der Waals surface area contributed by atoms with Crippen LogP contribution in [-0.4, -0.2) is 32.9 Å². The minimum atomic E-state index is 0.623. The van der Waals surface area contributed by atoms with Crippen molar-refractivity contribution in [1.29, 1.82) is 0 Å². The maximum Gasteiger partial charge on any atom is 0.0953 e. The molecule has 2 aromatic rings. The van der Waals surface area contributed by atoms with Gasteiger partial charge in [0, 0.05) is 25.4 Å². The number of rotatable bonds is 6. The van der Waals surface area contributed by atoms with Gasteiger partial charge in [0.1, 0.15) is 0 Å². The highest BCUT2D eigenvalue weighted by molar-refractivity contribution is 5.04. The normalized spacial score (nSPS) is 16.1. The fraction of sp³-hybridized carbons (Fsp3) is 0.600. The average Bonchev–Trinajstić information content (AvgIpc) is 3.18. The second-order valence-corrected chi connectivity index (χ2v) is 5.62. The van der Waals surface area contributed by atoms with Crippen LogP contribution in [0.5, 0.6) is 0 Å². The molecule has 0 unspecified atom stereocenters. The molecule has 0 amide bonds. The average molecular weight is 273 g/mol. The van der Waals surface area contributed by atoms with Gasteiger partial charge in [0.2, 0.25) is 0 Å². The molecule has 0 radical (unpaired) electrons. The summed E-state index contributed by atoms with van der Waals surface area (Å²) in [5.74, 6) is 0. The van der Waals surface area contributed by atoms with Gasteiger partial charge in [-0.1, -0.05) is 12.8 Å². The summed E-state index contributed by atoms with van der Waals surface area (Å²) in [6, 6.07) is 2.75. The Morgan fingerprint density at radius 2 is 2.15 bits per heavy atom. The molecule has 1 saturated carbocycles. The Hall–Kier alpha value is -1.62. The lowest BCUT2D eigenvalue weighted by Gasteiger charge is -2.08. The van der Waals surface area contributed by atoms with E-state index in [9.17, 15) is 0 Å². The largest absolute Gasteiger partial charge is 0.331 e. The van der Waals surface area contributed by atoms with Crippen molar-refractivity contribution in [2.45, 2.75) is 44.7 Å². The van der Waals surface area contributed by atoms with Crippen molar-refractivity contribution in [2.75, 3.05) is 13.6 Å². The van der Waals surface area contributed by atoms with Gasteiger partial charge in [-0.2, -0.15) is 5.10 Å². The number of imidazole rings is 1. The van der Waals surface area contributed by atoms with Crippen molar-refractivity contribution in [3.63, 3.8) is 0 Å². The van der Waals surface area contributed by atoms with Crippen molar-refractivity contribution in [3.8, 4) is 0 Å². The van der Waals surface area contributed by atoms with Crippen molar-refractivity contribution in [3.05, 3.63) is 36.2 Å². The Labute approximate surface area is 120 Å². The van der Waals surface area contributed by atoms with Crippen LogP contribution in [0.1, 0.15) is 43.1 Å². The molecule has 0 saturated heterocycles. The molecule has 0 atom stereocenters. The Bertz CT molecular complexity index is 536. The number of aromatic nitrogens is 4. The van der Waals surface area contributed by atoms with Crippen LogP contribution < -0.4 is 5.32 Å². The van der Waals surface area contributed by atoms with E-state index in [1.165, 1.54) is 25.7 Å². The molecule has 1 aliphatic rings. The number of nitrogens with one attached hydrogen (secondary N) is 1. The van der Waals surface area contributed by atoms with E-state index in [0.717, 1.165) is 30.9 Å². The van der Waals surface area contributed by atoms with E-state index in [2.05, 4.69) is 38.0 Å².